The van der Waals surface area contributed by atoms with E-state index in [0.717, 1.165) is 27.6 Å². The Hall–Kier alpha value is -4.04. The number of aromatic nitrogens is 3. The van der Waals surface area contributed by atoms with Crippen LogP contribution in [0.15, 0.2) is 67.1 Å². The second-order valence-corrected chi connectivity index (χ2v) is 6.59. The van der Waals surface area contributed by atoms with E-state index in [9.17, 15) is 9.59 Å². The maximum atomic E-state index is 12.5. The molecule has 0 aliphatic rings. The van der Waals surface area contributed by atoms with Crippen LogP contribution in [0.25, 0.3) is 22.0 Å². The lowest BCUT2D eigenvalue weighted by atomic mass is 10.0. The van der Waals surface area contributed by atoms with Crippen LogP contribution >= 0.6 is 0 Å². The third kappa shape index (κ3) is 4.18. The van der Waals surface area contributed by atoms with Crippen molar-refractivity contribution in [1.29, 1.82) is 0 Å². The molecule has 8 nitrogen and oxygen atoms in total. The average molecular weight is 401 g/mol. The lowest BCUT2D eigenvalue weighted by Gasteiger charge is -2.07. The van der Waals surface area contributed by atoms with E-state index >= 15 is 0 Å². The fourth-order valence-corrected chi connectivity index (χ4v) is 3.09. The molecular formula is C22H19N5O3. The Balaban J connectivity index is 1.54. The number of pyridine rings is 2. The number of amides is 2. The molecule has 0 bridgehead atoms. The molecule has 3 N–H and O–H groups in total. The minimum Gasteiger partial charge on any atom is -0.350 e. The van der Waals surface area contributed by atoms with Crippen LogP contribution in [0.5, 0.6) is 0 Å². The highest BCUT2D eigenvalue weighted by atomic mass is 16.6. The zero-order valence-electron chi connectivity index (χ0n) is 16.2. The molecule has 0 radical (unpaired) electrons. The Kier molecular flexibility index (Phi) is 5.49. The van der Waals surface area contributed by atoms with Crippen LogP contribution in [-0.2, 0) is 11.4 Å². The summed E-state index contributed by atoms with van der Waals surface area (Å²) in [6, 6.07) is 14.8. The van der Waals surface area contributed by atoms with Crippen molar-refractivity contribution in [3.8, 4) is 11.1 Å². The van der Waals surface area contributed by atoms with Gasteiger partial charge in [0.15, 0.2) is 0 Å². The smallest absolute Gasteiger partial charge is 0.291 e. The molecule has 0 unspecified atom stereocenters. The molecule has 0 aliphatic heterocycles. The van der Waals surface area contributed by atoms with E-state index in [0.29, 0.717) is 17.9 Å². The summed E-state index contributed by atoms with van der Waals surface area (Å²) in [5, 5.41) is 3.73. The first-order valence-corrected chi connectivity index (χ1v) is 9.23. The molecule has 0 spiro atoms. The van der Waals surface area contributed by atoms with E-state index in [-0.39, 0.29) is 11.8 Å². The molecule has 0 aliphatic carbocycles. The Morgan fingerprint density at radius 1 is 0.967 bits per heavy atom. The minimum absolute atomic E-state index is 0.255. The number of rotatable bonds is 6. The van der Waals surface area contributed by atoms with Gasteiger partial charge in [0, 0.05) is 36.0 Å². The molecule has 150 valence electrons. The van der Waals surface area contributed by atoms with Gasteiger partial charge in [-0.3, -0.25) is 24.4 Å². The number of benzene rings is 1. The Bertz CT molecular complexity index is 1200. The number of carbonyl (C=O) groups excluding carboxylic acids is 2. The number of aromatic amines is 1. The maximum absolute atomic E-state index is 12.5. The SMILES string of the molecule is CONC(=O)c1cc2cc(-c3ccnc(C(=O)NCc4ccncc4)c3)ccc2[nH]1. The topological polar surface area (TPSA) is 109 Å². The summed E-state index contributed by atoms with van der Waals surface area (Å²) in [5.41, 5.74) is 6.56. The highest BCUT2D eigenvalue weighted by molar-refractivity contribution is 5.98. The molecule has 4 rings (SSSR count). The highest BCUT2D eigenvalue weighted by Crippen LogP contribution is 2.25. The number of nitrogens with zero attached hydrogens (tertiary/aromatic N) is 2. The van der Waals surface area contributed by atoms with Gasteiger partial charge in [0.05, 0.1) is 7.11 Å². The van der Waals surface area contributed by atoms with E-state index in [2.05, 4.69) is 30.6 Å². The Morgan fingerprint density at radius 3 is 2.57 bits per heavy atom. The van der Waals surface area contributed by atoms with Crippen LogP contribution in [0.2, 0.25) is 0 Å². The van der Waals surface area contributed by atoms with Crippen molar-refractivity contribution < 1.29 is 14.4 Å². The van der Waals surface area contributed by atoms with Crippen molar-refractivity contribution in [2.45, 2.75) is 6.54 Å². The molecule has 4 aromatic rings. The first-order chi connectivity index (χ1) is 14.6. The van der Waals surface area contributed by atoms with E-state index in [4.69, 9.17) is 0 Å². The number of carbonyl (C=O) groups is 2. The molecule has 0 saturated heterocycles. The lowest BCUT2D eigenvalue weighted by molar-refractivity contribution is 0.0533. The van der Waals surface area contributed by atoms with Crippen molar-refractivity contribution in [2.75, 3.05) is 7.11 Å². The summed E-state index contributed by atoms with van der Waals surface area (Å²) in [4.78, 5) is 40.3. The van der Waals surface area contributed by atoms with Crippen LogP contribution in [0.1, 0.15) is 26.5 Å². The molecular weight excluding hydrogens is 382 g/mol. The molecule has 3 aromatic heterocycles. The number of nitrogens with one attached hydrogen (secondary N) is 3. The molecule has 0 saturated carbocycles. The summed E-state index contributed by atoms with van der Waals surface area (Å²) >= 11 is 0. The van der Waals surface area contributed by atoms with E-state index in [1.807, 2.05) is 36.4 Å². The largest absolute Gasteiger partial charge is 0.350 e. The van der Waals surface area contributed by atoms with Crippen LogP contribution in [-0.4, -0.2) is 33.9 Å². The Morgan fingerprint density at radius 2 is 1.77 bits per heavy atom. The average Bonchev–Trinajstić information content (AvgIpc) is 3.22. The summed E-state index contributed by atoms with van der Waals surface area (Å²) in [6.07, 6.45) is 4.97. The molecule has 0 atom stereocenters. The minimum atomic E-state index is -0.354. The van der Waals surface area contributed by atoms with Crippen LogP contribution in [0.4, 0.5) is 0 Å². The van der Waals surface area contributed by atoms with Crippen molar-refractivity contribution in [3.05, 3.63) is 84.1 Å². The first-order valence-electron chi connectivity index (χ1n) is 9.23. The number of hydrogen-bond donors (Lipinski definition) is 3. The summed E-state index contributed by atoms with van der Waals surface area (Å²) in [6.45, 7) is 0.398. The zero-order valence-corrected chi connectivity index (χ0v) is 16.2. The van der Waals surface area contributed by atoms with Gasteiger partial charge in [-0.2, -0.15) is 0 Å². The summed E-state index contributed by atoms with van der Waals surface area (Å²) in [7, 11) is 1.38. The second-order valence-electron chi connectivity index (χ2n) is 6.59. The number of hydrogen-bond acceptors (Lipinski definition) is 5. The van der Waals surface area contributed by atoms with Crippen molar-refractivity contribution in [1.82, 2.24) is 25.7 Å². The van der Waals surface area contributed by atoms with Crippen LogP contribution in [0, 0.1) is 0 Å². The van der Waals surface area contributed by atoms with Crippen LogP contribution < -0.4 is 10.8 Å². The summed E-state index contributed by atoms with van der Waals surface area (Å²) in [5.74, 6) is -0.609. The third-order valence-corrected chi connectivity index (χ3v) is 4.59. The van der Waals surface area contributed by atoms with Gasteiger partial charge in [-0.15, -0.1) is 0 Å². The number of fused-ring (bicyclic) bond motifs is 1. The van der Waals surface area contributed by atoms with E-state index in [1.165, 1.54) is 7.11 Å². The summed E-state index contributed by atoms with van der Waals surface area (Å²) < 4.78 is 0. The van der Waals surface area contributed by atoms with Gasteiger partial charge in [0.1, 0.15) is 11.4 Å². The molecule has 3 heterocycles. The first kappa shape index (κ1) is 19.3. The van der Waals surface area contributed by atoms with Crippen molar-refractivity contribution in [3.63, 3.8) is 0 Å². The van der Waals surface area contributed by atoms with Crippen LogP contribution in [0.3, 0.4) is 0 Å². The molecule has 2 amide bonds. The molecule has 0 fully saturated rings. The fraction of sp³-hybridized carbons (Fsp3) is 0.0909. The van der Waals surface area contributed by atoms with Gasteiger partial charge < -0.3 is 10.3 Å². The van der Waals surface area contributed by atoms with Gasteiger partial charge in [-0.1, -0.05) is 6.07 Å². The zero-order chi connectivity index (χ0) is 20.9. The normalized spacial score (nSPS) is 10.7. The van der Waals surface area contributed by atoms with Crippen molar-refractivity contribution >= 4 is 22.7 Å². The molecule has 8 heteroatoms. The second kappa shape index (κ2) is 8.54. The highest BCUT2D eigenvalue weighted by Gasteiger charge is 2.12. The van der Waals surface area contributed by atoms with E-state index in [1.54, 1.807) is 30.7 Å². The Labute approximate surface area is 172 Å². The predicted octanol–water partition coefficient (Wildman–Crippen LogP) is 2.85. The number of hydroxylamine groups is 1. The van der Waals surface area contributed by atoms with Gasteiger partial charge in [0.25, 0.3) is 11.8 Å². The fourth-order valence-electron chi connectivity index (χ4n) is 3.09. The molecule has 30 heavy (non-hydrogen) atoms. The van der Waals surface area contributed by atoms with Gasteiger partial charge >= 0.3 is 0 Å². The maximum Gasteiger partial charge on any atom is 0.291 e. The monoisotopic (exact) mass is 401 g/mol. The van der Waals surface area contributed by atoms with Gasteiger partial charge in [-0.05, 0) is 59.2 Å². The quantitative estimate of drug-likeness (QED) is 0.431. The standard InChI is InChI=1S/C22H19N5O3/c1-30-27-22(29)20-12-17-10-15(2-3-18(17)26-20)16-6-9-24-19(11-16)21(28)25-13-14-4-7-23-8-5-14/h2-12,26H,13H2,1H3,(H,25,28)(H,27,29). The van der Waals surface area contributed by atoms with Gasteiger partial charge in [-0.25, -0.2) is 5.48 Å². The third-order valence-electron chi connectivity index (χ3n) is 4.59. The van der Waals surface area contributed by atoms with Crippen molar-refractivity contribution in [2.24, 2.45) is 0 Å². The molecule has 1 aromatic carbocycles. The van der Waals surface area contributed by atoms with Gasteiger partial charge in [0.2, 0.25) is 0 Å². The predicted molar refractivity (Wildman–Crippen MR) is 111 cm³/mol. The number of H-pyrrole nitrogens is 1. The lowest BCUT2D eigenvalue weighted by Crippen LogP contribution is -2.23. The van der Waals surface area contributed by atoms with E-state index < -0.39 is 0 Å².